The van der Waals surface area contributed by atoms with Crippen LogP contribution in [0.1, 0.15) is 29.0 Å². The summed E-state index contributed by atoms with van der Waals surface area (Å²) in [6.07, 6.45) is 2.54. The van der Waals surface area contributed by atoms with E-state index < -0.39 is 0 Å². The molecule has 1 N–H and O–H groups in total. The van der Waals surface area contributed by atoms with E-state index in [0.717, 1.165) is 12.5 Å². The molecule has 1 saturated heterocycles. The molecule has 0 aliphatic carbocycles. The topological polar surface area (TPSA) is 15.3 Å². The lowest BCUT2D eigenvalue weighted by atomic mass is 9.79. The first-order valence-electron chi connectivity index (χ1n) is 8.99. The fourth-order valence-corrected chi connectivity index (χ4v) is 4.82. The number of anilines is 1. The van der Waals surface area contributed by atoms with Gasteiger partial charge in [0.05, 0.1) is 0 Å². The first-order chi connectivity index (χ1) is 11.3. The summed E-state index contributed by atoms with van der Waals surface area (Å²) >= 11 is 0. The quantitative estimate of drug-likeness (QED) is 0.863. The van der Waals surface area contributed by atoms with Gasteiger partial charge in [-0.25, -0.2) is 0 Å². The minimum atomic E-state index is 0.712. The number of rotatable bonds is 1. The minimum absolute atomic E-state index is 0.712. The molecule has 3 aliphatic rings. The molecule has 0 spiro atoms. The molecule has 2 aromatic carbocycles. The smallest absolute Gasteiger partial charge is 0.0435 e. The fraction of sp³-hybridized carbons (Fsp3) is 0.429. The van der Waals surface area contributed by atoms with Crippen LogP contribution in [-0.2, 0) is 6.42 Å². The molecular formula is C21H24N2. The maximum atomic E-state index is 3.63. The third kappa shape index (κ3) is 2.12. The second-order valence-corrected chi connectivity index (χ2v) is 7.51. The number of hydrogen-bond acceptors (Lipinski definition) is 2. The Bertz CT molecular complexity index is 747. The third-order valence-corrected chi connectivity index (χ3v) is 5.99. The molecule has 0 unspecified atom stereocenters. The highest BCUT2D eigenvalue weighted by atomic mass is 15.2. The largest absolute Gasteiger partial charge is 0.371 e. The van der Waals surface area contributed by atoms with E-state index in [0.29, 0.717) is 5.92 Å². The van der Waals surface area contributed by atoms with E-state index in [4.69, 9.17) is 0 Å². The fourth-order valence-electron chi connectivity index (χ4n) is 4.82. The third-order valence-electron chi connectivity index (χ3n) is 5.99. The minimum Gasteiger partial charge on any atom is -0.371 e. The summed E-state index contributed by atoms with van der Waals surface area (Å²) in [5.41, 5.74) is 8.87. The Hall–Kier alpha value is -1.80. The van der Waals surface area contributed by atoms with Crippen LogP contribution >= 0.6 is 0 Å². The molecule has 2 heteroatoms. The van der Waals surface area contributed by atoms with Crippen LogP contribution in [0.4, 0.5) is 5.69 Å². The van der Waals surface area contributed by atoms with Crippen molar-refractivity contribution in [1.29, 1.82) is 0 Å². The molecule has 0 amide bonds. The van der Waals surface area contributed by atoms with Crippen molar-refractivity contribution in [3.8, 4) is 11.1 Å². The van der Waals surface area contributed by atoms with Gasteiger partial charge in [0, 0.05) is 37.8 Å². The summed E-state index contributed by atoms with van der Waals surface area (Å²) in [6.45, 7) is 6.99. The highest BCUT2D eigenvalue weighted by Crippen LogP contribution is 2.46. The zero-order valence-electron chi connectivity index (χ0n) is 13.8. The summed E-state index contributed by atoms with van der Waals surface area (Å²) in [4.78, 5) is 2.67. The van der Waals surface area contributed by atoms with Crippen molar-refractivity contribution in [3.05, 3.63) is 53.1 Å². The zero-order chi connectivity index (χ0) is 15.4. The Balaban J connectivity index is 1.68. The first kappa shape index (κ1) is 13.6. The van der Waals surface area contributed by atoms with Gasteiger partial charge in [0.1, 0.15) is 0 Å². The molecule has 2 atom stereocenters. The van der Waals surface area contributed by atoms with Crippen LogP contribution in [0.3, 0.4) is 0 Å². The van der Waals surface area contributed by atoms with E-state index >= 15 is 0 Å². The van der Waals surface area contributed by atoms with E-state index in [1.807, 2.05) is 0 Å². The average Bonchev–Trinajstić information content (AvgIpc) is 3.04. The van der Waals surface area contributed by atoms with Crippen LogP contribution in [0.15, 0.2) is 36.4 Å². The Morgan fingerprint density at radius 3 is 2.78 bits per heavy atom. The molecular weight excluding hydrogens is 280 g/mol. The number of hydrogen-bond donors (Lipinski definition) is 1. The van der Waals surface area contributed by atoms with E-state index in [2.05, 4.69) is 53.5 Å². The van der Waals surface area contributed by atoms with Crippen LogP contribution < -0.4 is 10.2 Å². The summed E-state index contributed by atoms with van der Waals surface area (Å²) in [6, 6.07) is 14.0. The highest BCUT2D eigenvalue weighted by Gasteiger charge is 2.38. The molecule has 2 aromatic rings. The van der Waals surface area contributed by atoms with Crippen molar-refractivity contribution in [2.24, 2.45) is 5.92 Å². The summed E-state index contributed by atoms with van der Waals surface area (Å²) in [5.74, 6) is 1.50. The first-order valence-corrected chi connectivity index (χ1v) is 8.99. The van der Waals surface area contributed by atoms with Gasteiger partial charge >= 0.3 is 0 Å². The van der Waals surface area contributed by atoms with E-state index in [1.165, 1.54) is 49.2 Å². The Morgan fingerprint density at radius 2 is 1.91 bits per heavy atom. The molecule has 23 heavy (non-hydrogen) atoms. The van der Waals surface area contributed by atoms with E-state index in [1.54, 1.807) is 16.8 Å². The van der Waals surface area contributed by atoms with E-state index in [9.17, 15) is 0 Å². The average molecular weight is 304 g/mol. The maximum Gasteiger partial charge on any atom is 0.0435 e. The predicted octanol–water partition coefficient (Wildman–Crippen LogP) is 3.73. The van der Waals surface area contributed by atoms with Crippen molar-refractivity contribution in [1.82, 2.24) is 5.32 Å². The molecule has 2 nitrogen and oxygen atoms in total. The van der Waals surface area contributed by atoms with Crippen molar-refractivity contribution < 1.29 is 0 Å². The summed E-state index contributed by atoms with van der Waals surface area (Å²) in [5, 5.41) is 3.63. The number of nitrogens with zero attached hydrogens (tertiary/aromatic N) is 1. The van der Waals surface area contributed by atoms with Crippen LogP contribution in [0.5, 0.6) is 0 Å². The Kier molecular flexibility index (Phi) is 3.02. The molecule has 3 aliphatic heterocycles. The van der Waals surface area contributed by atoms with Gasteiger partial charge in [-0.15, -0.1) is 0 Å². The van der Waals surface area contributed by atoms with Gasteiger partial charge in [-0.3, -0.25) is 0 Å². The van der Waals surface area contributed by atoms with Crippen LogP contribution in [0.25, 0.3) is 11.1 Å². The zero-order valence-corrected chi connectivity index (χ0v) is 13.8. The van der Waals surface area contributed by atoms with Gasteiger partial charge in [-0.1, -0.05) is 29.8 Å². The summed E-state index contributed by atoms with van der Waals surface area (Å²) in [7, 11) is 0. The summed E-state index contributed by atoms with van der Waals surface area (Å²) < 4.78 is 0. The van der Waals surface area contributed by atoms with Gasteiger partial charge in [0.2, 0.25) is 0 Å². The van der Waals surface area contributed by atoms with Crippen molar-refractivity contribution in [2.45, 2.75) is 25.7 Å². The predicted molar refractivity (Wildman–Crippen MR) is 96.2 cm³/mol. The molecule has 5 rings (SSSR count). The molecule has 0 radical (unpaired) electrons. The van der Waals surface area contributed by atoms with Gasteiger partial charge in [-0.2, -0.15) is 0 Å². The Labute approximate surface area is 138 Å². The monoisotopic (exact) mass is 304 g/mol. The lowest BCUT2D eigenvalue weighted by molar-refractivity contribution is 0.470. The van der Waals surface area contributed by atoms with Crippen molar-refractivity contribution in [2.75, 3.05) is 31.1 Å². The molecule has 0 bridgehead atoms. The van der Waals surface area contributed by atoms with Gasteiger partial charge in [0.15, 0.2) is 0 Å². The van der Waals surface area contributed by atoms with Crippen molar-refractivity contribution in [3.63, 3.8) is 0 Å². The van der Waals surface area contributed by atoms with Crippen LogP contribution in [-0.4, -0.2) is 26.2 Å². The molecule has 0 aromatic heterocycles. The highest BCUT2D eigenvalue weighted by molar-refractivity contribution is 5.74. The van der Waals surface area contributed by atoms with Gasteiger partial charge < -0.3 is 10.2 Å². The Morgan fingerprint density at radius 1 is 1.04 bits per heavy atom. The number of fused-ring (bicyclic) bond motifs is 2. The molecule has 1 fully saturated rings. The molecule has 0 saturated carbocycles. The molecule has 3 heterocycles. The lowest BCUT2D eigenvalue weighted by Gasteiger charge is -2.42. The van der Waals surface area contributed by atoms with Gasteiger partial charge in [0.25, 0.3) is 0 Å². The van der Waals surface area contributed by atoms with Crippen LogP contribution in [0, 0.1) is 12.8 Å². The van der Waals surface area contributed by atoms with Crippen LogP contribution in [0.2, 0.25) is 0 Å². The normalized spacial score (nSPS) is 25.2. The number of nitrogens with one attached hydrogen (secondary N) is 1. The lowest BCUT2D eigenvalue weighted by Crippen LogP contribution is -2.40. The maximum absolute atomic E-state index is 3.63. The second kappa shape index (κ2) is 5.10. The number of benzene rings is 2. The molecule has 118 valence electrons. The standard InChI is InChI=1S/C21H24N2/c1-14-4-6-15(7-5-14)17-9-16-3-2-8-23-13-18-11-22-12-20(18)19(10-17)21(16)23/h4-7,9-10,18,20,22H,2-3,8,11-13H2,1H3/t18-,20-/m1/s1. The second-order valence-electron chi connectivity index (χ2n) is 7.51. The number of aryl methyl sites for hydroxylation is 2. The SMILES string of the molecule is Cc1ccc(-c2cc3c4c(c2)[C@@H]2CNC[C@@H]2CN4CCC3)cc1. The van der Waals surface area contributed by atoms with Gasteiger partial charge in [-0.05, 0) is 60.1 Å². The van der Waals surface area contributed by atoms with Crippen molar-refractivity contribution >= 4 is 5.69 Å². The van der Waals surface area contributed by atoms with E-state index in [-0.39, 0.29) is 0 Å².